The molecule has 0 amide bonds. The van der Waals surface area contributed by atoms with Crippen LogP contribution in [0.3, 0.4) is 0 Å². The van der Waals surface area contributed by atoms with Gasteiger partial charge in [-0.05, 0) is 45.6 Å². The Hall–Kier alpha value is -3.37. The van der Waals surface area contributed by atoms with Gasteiger partial charge in [0.2, 0.25) is 0 Å². The molecule has 0 aliphatic carbocycles. The molecule has 36 heavy (non-hydrogen) atoms. The monoisotopic (exact) mass is 491 g/mol. The van der Waals surface area contributed by atoms with Crippen LogP contribution < -0.4 is 20.2 Å². The van der Waals surface area contributed by atoms with Gasteiger partial charge in [0, 0.05) is 17.6 Å². The fourth-order valence-electron chi connectivity index (χ4n) is 6.69. The first-order valence-electron chi connectivity index (χ1n) is 12.9. The van der Waals surface area contributed by atoms with Crippen molar-refractivity contribution in [1.82, 2.24) is 4.98 Å². The van der Waals surface area contributed by atoms with Gasteiger partial charge in [0.25, 0.3) is 0 Å². The van der Waals surface area contributed by atoms with Crippen LogP contribution in [-0.4, -0.2) is 19.7 Å². The molecule has 0 radical (unpaired) electrons. The topological polar surface area (TPSA) is 19.4 Å². The molecule has 0 atom stereocenters. The van der Waals surface area contributed by atoms with Crippen LogP contribution in [-0.2, 0) is 0 Å². The summed E-state index contributed by atoms with van der Waals surface area (Å²) in [5, 5.41) is 3.02. The lowest BCUT2D eigenvalue weighted by Crippen LogP contribution is -2.69. The number of para-hydroxylation sites is 2. The van der Waals surface area contributed by atoms with E-state index in [0.29, 0.717) is 0 Å². The molecule has 1 aromatic heterocycles. The Morgan fingerprint density at radius 1 is 0.611 bits per heavy atom. The second kappa shape index (κ2) is 8.93. The largest absolute Gasteiger partial charge is 0.320 e. The van der Waals surface area contributed by atoms with Crippen molar-refractivity contribution in [2.45, 2.75) is 51.6 Å². The summed E-state index contributed by atoms with van der Waals surface area (Å²) < 4.78 is 0. The van der Waals surface area contributed by atoms with E-state index < -0.39 is 8.07 Å². The zero-order chi connectivity index (χ0) is 25.6. The number of nitrogens with zero attached hydrogens (tertiary/aromatic N) is 3. The van der Waals surface area contributed by atoms with E-state index in [9.17, 15) is 0 Å². The van der Waals surface area contributed by atoms with Crippen LogP contribution in [0.15, 0.2) is 103 Å². The number of hydrogen-bond donors (Lipinski definition) is 0. The quantitative estimate of drug-likeness (QED) is 0.276. The van der Waals surface area contributed by atoms with E-state index in [4.69, 9.17) is 4.98 Å². The molecule has 1 aliphatic heterocycles. The Kier molecular flexibility index (Phi) is 6.04. The summed E-state index contributed by atoms with van der Waals surface area (Å²) in [5.74, 6) is 1.02. The van der Waals surface area contributed by atoms with Crippen LogP contribution in [0, 0.1) is 0 Å². The molecular formula is C32H37N3Si. The zero-order valence-electron chi connectivity index (χ0n) is 22.4. The minimum atomic E-state index is -2.33. The first kappa shape index (κ1) is 24.3. The van der Waals surface area contributed by atoms with E-state index in [0.717, 1.165) is 18.2 Å². The van der Waals surface area contributed by atoms with Crippen molar-refractivity contribution in [2.75, 3.05) is 16.5 Å². The Balaban J connectivity index is 1.77. The number of aromatic nitrogens is 1. The molecule has 0 bridgehead atoms. The normalized spacial score (nSPS) is 14.2. The number of fused-ring (bicyclic) bond motifs is 1. The molecule has 4 heteroatoms. The predicted octanol–water partition coefficient (Wildman–Crippen LogP) is 7.49. The number of rotatable bonds is 4. The van der Waals surface area contributed by atoms with E-state index in [1.54, 1.807) is 0 Å². The van der Waals surface area contributed by atoms with Gasteiger partial charge in [0.15, 0.2) is 5.82 Å². The fraction of sp³-hybridized carbons (Fsp3) is 0.281. The van der Waals surface area contributed by atoms with Crippen LogP contribution in [0.25, 0.3) is 0 Å². The molecule has 0 spiro atoms. The Morgan fingerprint density at radius 2 is 1.08 bits per heavy atom. The van der Waals surface area contributed by atoms with Crippen molar-refractivity contribution in [1.29, 1.82) is 0 Å². The van der Waals surface area contributed by atoms with E-state index in [1.807, 2.05) is 0 Å². The van der Waals surface area contributed by atoms with E-state index in [2.05, 4.69) is 155 Å². The van der Waals surface area contributed by atoms with Crippen LogP contribution in [0.4, 0.5) is 22.9 Å². The van der Waals surface area contributed by atoms with Crippen molar-refractivity contribution in [3.63, 3.8) is 0 Å². The molecular weight excluding hydrogens is 454 g/mol. The highest BCUT2D eigenvalue weighted by atomic mass is 28.3. The van der Waals surface area contributed by atoms with Crippen molar-refractivity contribution in [3.05, 3.63) is 103 Å². The molecule has 0 saturated heterocycles. The zero-order valence-corrected chi connectivity index (χ0v) is 23.4. The summed E-state index contributed by atoms with van der Waals surface area (Å²) in [6, 6.07) is 35.0. The van der Waals surface area contributed by atoms with Crippen molar-refractivity contribution in [2.24, 2.45) is 0 Å². The van der Waals surface area contributed by atoms with Gasteiger partial charge in [-0.3, -0.25) is 0 Å². The standard InChI is InChI=1S/C32H37N3Si/c1-31(2,3)36(32(4,5)6,27-20-14-9-15-21-27)28-22-29-30(33-23-28)35(26-18-12-8-13-19-26)24-34(29)25-16-10-7-11-17-25/h7-23H,24H2,1-6H3. The van der Waals surface area contributed by atoms with Crippen molar-refractivity contribution < 1.29 is 0 Å². The summed E-state index contributed by atoms with van der Waals surface area (Å²) in [6.07, 6.45) is 2.19. The maximum atomic E-state index is 5.23. The van der Waals surface area contributed by atoms with Crippen molar-refractivity contribution >= 4 is 41.3 Å². The number of anilines is 4. The third kappa shape index (κ3) is 3.84. The Labute approximate surface area is 217 Å². The Morgan fingerprint density at radius 3 is 1.58 bits per heavy atom. The molecule has 4 aromatic rings. The molecule has 0 saturated carbocycles. The van der Waals surface area contributed by atoms with Gasteiger partial charge >= 0.3 is 0 Å². The first-order chi connectivity index (χ1) is 17.1. The van der Waals surface area contributed by atoms with Gasteiger partial charge < -0.3 is 9.80 Å². The summed E-state index contributed by atoms with van der Waals surface area (Å²) in [5.41, 5.74) is 3.54. The van der Waals surface area contributed by atoms with Gasteiger partial charge in [0.05, 0.1) is 5.69 Å². The van der Waals surface area contributed by atoms with E-state index >= 15 is 0 Å². The predicted molar refractivity (Wildman–Crippen MR) is 157 cm³/mol. The fourth-order valence-corrected chi connectivity index (χ4v) is 14.0. The Bertz CT molecular complexity index is 1310. The lowest BCUT2D eigenvalue weighted by molar-refractivity contribution is 0.636. The summed E-state index contributed by atoms with van der Waals surface area (Å²) in [6.45, 7) is 15.3. The van der Waals surface area contributed by atoms with Gasteiger partial charge in [0.1, 0.15) is 14.7 Å². The molecule has 2 heterocycles. The molecule has 1 aliphatic rings. The summed E-state index contributed by atoms with van der Waals surface area (Å²) in [4.78, 5) is 9.97. The van der Waals surface area contributed by atoms with Gasteiger partial charge in [-0.15, -0.1) is 0 Å². The van der Waals surface area contributed by atoms with E-state index in [1.165, 1.54) is 21.7 Å². The molecule has 3 nitrogen and oxygen atoms in total. The number of benzene rings is 3. The summed E-state index contributed by atoms with van der Waals surface area (Å²) in [7, 11) is -2.33. The highest BCUT2D eigenvalue weighted by Crippen LogP contribution is 2.51. The minimum Gasteiger partial charge on any atom is -0.320 e. The maximum absolute atomic E-state index is 5.23. The van der Waals surface area contributed by atoms with Gasteiger partial charge in [-0.2, -0.15) is 0 Å². The molecule has 0 unspecified atom stereocenters. The third-order valence-corrected chi connectivity index (χ3v) is 14.5. The first-order valence-corrected chi connectivity index (χ1v) is 14.9. The second-order valence-corrected chi connectivity index (χ2v) is 17.5. The van der Waals surface area contributed by atoms with Crippen LogP contribution in [0.5, 0.6) is 0 Å². The van der Waals surface area contributed by atoms with Gasteiger partial charge in [-0.25, -0.2) is 4.98 Å². The third-order valence-electron chi connectivity index (χ3n) is 7.70. The molecule has 0 N–H and O–H groups in total. The SMILES string of the molecule is CC(C)(C)[Si](c1ccccc1)(c1cnc2c(c1)N(c1ccccc1)CN2c1ccccc1)C(C)(C)C. The smallest absolute Gasteiger partial charge is 0.158 e. The molecule has 0 fully saturated rings. The molecule has 3 aromatic carbocycles. The van der Waals surface area contributed by atoms with Gasteiger partial charge in [-0.1, -0.05) is 113 Å². The highest BCUT2D eigenvalue weighted by Gasteiger charge is 2.56. The maximum Gasteiger partial charge on any atom is 0.158 e. The average Bonchev–Trinajstić information content (AvgIpc) is 3.23. The minimum absolute atomic E-state index is 0.0812. The van der Waals surface area contributed by atoms with Crippen LogP contribution >= 0.6 is 0 Å². The second-order valence-electron chi connectivity index (χ2n) is 11.9. The highest BCUT2D eigenvalue weighted by molar-refractivity contribution is 7.06. The lowest BCUT2D eigenvalue weighted by atomic mass is 10.2. The van der Waals surface area contributed by atoms with Crippen LogP contribution in [0.1, 0.15) is 41.5 Å². The number of pyridine rings is 1. The average molecular weight is 492 g/mol. The number of hydrogen-bond acceptors (Lipinski definition) is 3. The van der Waals surface area contributed by atoms with E-state index in [-0.39, 0.29) is 10.1 Å². The molecule has 184 valence electrons. The van der Waals surface area contributed by atoms with Crippen molar-refractivity contribution in [3.8, 4) is 0 Å². The summed E-state index contributed by atoms with van der Waals surface area (Å²) >= 11 is 0. The van der Waals surface area contributed by atoms with Crippen LogP contribution in [0.2, 0.25) is 10.1 Å². The molecule has 5 rings (SSSR count). The lowest BCUT2D eigenvalue weighted by Gasteiger charge is -2.52.